The van der Waals surface area contributed by atoms with E-state index in [-0.39, 0.29) is 11.8 Å². The second-order valence-corrected chi connectivity index (χ2v) is 5.97. The maximum Gasteiger partial charge on any atom is 0.229 e. The quantitative estimate of drug-likeness (QED) is 0.910. The van der Waals surface area contributed by atoms with E-state index in [9.17, 15) is 4.79 Å². The van der Waals surface area contributed by atoms with E-state index < -0.39 is 0 Å². The molecule has 1 amide bonds. The van der Waals surface area contributed by atoms with Gasteiger partial charge < -0.3 is 10.1 Å². The van der Waals surface area contributed by atoms with Crippen LogP contribution in [0.2, 0.25) is 0 Å². The molecule has 110 valence electrons. The molecule has 1 saturated carbocycles. The predicted molar refractivity (Wildman–Crippen MR) is 84.7 cm³/mol. The number of nitrogens with zero attached hydrogens (tertiary/aromatic N) is 1. The lowest BCUT2D eigenvalue weighted by molar-refractivity contribution is -0.122. The summed E-state index contributed by atoms with van der Waals surface area (Å²) in [6, 6.07) is 7.84. The van der Waals surface area contributed by atoms with Crippen molar-refractivity contribution in [2.24, 2.45) is 5.92 Å². The highest BCUT2D eigenvalue weighted by Crippen LogP contribution is 2.30. The van der Waals surface area contributed by atoms with E-state index in [1.807, 2.05) is 36.6 Å². The fourth-order valence-corrected chi connectivity index (χ4v) is 2.95. The van der Waals surface area contributed by atoms with Crippen molar-refractivity contribution in [3.8, 4) is 17.0 Å². The molecule has 1 heterocycles. The van der Waals surface area contributed by atoms with Gasteiger partial charge in [-0.3, -0.25) is 4.79 Å². The molecule has 0 unspecified atom stereocenters. The fraction of sp³-hybridized carbons (Fsp3) is 0.375. The molecule has 1 aliphatic carbocycles. The molecule has 1 fully saturated rings. The van der Waals surface area contributed by atoms with Crippen LogP contribution >= 0.6 is 11.3 Å². The van der Waals surface area contributed by atoms with Gasteiger partial charge in [-0.15, -0.1) is 11.3 Å². The minimum atomic E-state index is 0.105. The Morgan fingerprint density at radius 3 is 2.76 bits per heavy atom. The van der Waals surface area contributed by atoms with Gasteiger partial charge in [0.15, 0.2) is 5.13 Å². The van der Waals surface area contributed by atoms with E-state index in [1.165, 1.54) is 11.3 Å². The molecule has 0 radical (unpaired) electrons. The predicted octanol–water partition coefficient (Wildman–Crippen LogP) is 3.95. The average molecular weight is 302 g/mol. The topological polar surface area (TPSA) is 51.2 Å². The first-order valence-corrected chi connectivity index (χ1v) is 8.14. The third-order valence-corrected chi connectivity index (χ3v) is 4.43. The summed E-state index contributed by atoms with van der Waals surface area (Å²) >= 11 is 1.46. The first kappa shape index (κ1) is 14.1. The number of anilines is 1. The minimum Gasteiger partial charge on any atom is -0.494 e. The molecule has 5 heteroatoms. The first-order valence-electron chi connectivity index (χ1n) is 7.26. The van der Waals surface area contributed by atoms with Crippen LogP contribution in [0.15, 0.2) is 29.6 Å². The van der Waals surface area contributed by atoms with Gasteiger partial charge in [0.2, 0.25) is 5.91 Å². The molecule has 0 aliphatic heterocycles. The number of carbonyl (C=O) groups excluding carboxylic acids is 1. The van der Waals surface area contributed by atoms with E-state index in [4.69, 9.17) is 4.74 Å². The Kier molecular flexibility index (Phi) is 4.20. The summed E-state index contributed by atoms with van der Waals surface area (Å²) in [6.45, 7) is 2.62. The molecule has 0 atom stereocenters. The summed E-state index contributed by atoms with van der Waals surface area (Å²) in [7, 11) is 0. The van der Waals surface area contributed by atoms with Crippen LogP contribution in [0.4, 0.5) is 5.13 Å². The molecule has 0 bridgehead atoms. The maximum atomic E-state index is 11.9. The van der Waals surface area contributed by atoms with Gasteiger partial charge in [-0.1, -0.05) is 6.42 Å². The lowest BCUT2D eigenvalue weighted by atomic mass is 9.85. The van der Waals surface area contributed by atoms with Crippen LogP contribution in [0.25, 0.3) is 11.3 Å². The van der Waals surface area contributed by atoms with Crippen molar-refractivity contribution in [1.29, 1.82) is 0 Å². The Morgan fingerprint density at radius 2 is 2.14 bits per heavy atom. The monoisotopic (exact) mass is 302 g/mol. The highest BCUT2D eigenvalue weighted by molar-refractivity contribution is 7.14. The molecule has 21 heavy (non-hydrogen) atoms. The Labute approximate surface area is 128 Å². The van der Waals surface area contributed by atoms with Crippen LogP contribution < -0.4 is 10.1 Å². The molecular weight excluding hydrogens is 284 g/mol. The molecule has 0 saturated heterocycles. The van der Waals surface area contributed by atoms with E-state index >= 15 is 0 Å². The Morgan fingerprint density at radius 1 is 1.38 bits per heavy atom. The zero-order valence-electron chi connectivity index (χ0n) is 12.0. The highest BCUT2D eigenvalue weighted by atomic mass is 32.1. The number of carbonyl (C=O) groups is 1. The van der Waals surface area contributed by atoms with Gasteiger partial charge in [-0.25, -0.2) is 4.98 Å². The van der Waals surface area contributed by atoms with Crippen molar-refractivity contribution < 1.29 is 9.53 Å². The fourth-order valence-electron chi connectivity index (χ4n) is 2.23. The van der Waals surface area contributed by atoms with Crippen molar-refractivity contribution in [1.82, 2.24) is 4.98 Å². The van der Waals surface area contributed by atoms with Crippen LogP contribution in [0.5, 0.6) is 5.75 Å². The standard InChI is InChI=1S/C16H18N2O2S/c1-2-20-13-8-6-11(7-9-13)14-10-21-16(17-14)18-15(19)12-4-3-5-12/h6-10,12H,2-5H2,1H3,(H,17,18,19). The summed E-state index contributed by atoms with van der Waals surface area (Å²) in [5, 5.41) is 5.55. The molecule has 3 rings (SSSR count). The largest absolute Gasteiger partial charge is 0.494 e. The second kappa shape index (κ2) is 6.26. The maximum absolute atomic E-state index is 11.9. The van der Waals surface area contributed by atoms with Crippen molar-refractivity contribution in [3.63, 3.8) is 0 Å². The number of aromatic nitrogens is 1. The van der Waals surface area contributed by atoms with E-state index in [2.05, 4.69) is 10.3 Å². The average Bonchev–Trinajstić information content (AvgIpc) is 2.86. The highest BCUT2D eigenvalue weighted by Gasteiger charge is 2.25. The molecule has 1 aliphatic rings. The van der Waals surface area contributed by atoms with Gasteiger partial charge in [0.1, 0.15) is 5.75 Å². The van der Waals surface area contributed by atoms with Crippen LogP contribution in [-0.4, -0.2) is 17.5 Å². The lowest BCUT2D eigenvalue weighted by Crippen LogP contribution is -2.27. The molecule has 2 aromatic rings. The van der Waals surface area contributed by atoms with Crippen LogP contribution in [0.3, 0.4) is 0 Å². The van der Waals surface area contributed by atoms with Gasteiger partial charge in [0.25, 0.3) is 0 Å². The zero-order chi connectivity index (χ0) is 14.7. The summed E-state index contributed by atoms with van der Waals surface area (Å²) < 4.78 is 5.42. The molecule has 1 N–H and O–H groups in total. The number of thiazole rings is 1. The van der Waals surface area contributed by atoms with E-state index in [0.29, 0.717) is 11.7 Å². The van der Waals surface area contributed by atoms with Crippen molar-refractivity contribution in [2.45, 2.75) is 26.2 Å². The van der Waals surface area contributed by atoms with E-state index in [0.717, 1.165) is 36.3 Å². The zero-order valence-corrected chi connectivity index (χ0v) is 12.8. The Balaban J connectivity index is 1.67. The van der Waals surface area contributed by atoms with Crippen molar-refractivity contribution >= 4 is 22.4 Å². The molecule has 1 aromatic carbocycles. The van der Waals surface area contributed by atoms with E-state index in [1.54, 1.807) is 0 Å². The SMILES string of the molecule is CCOc1ccc(-c2csc(NC(=O)C3CCC3)n2)cc1. The summed E-state index contributed by atoms with van der Waals surface area (Å²) in [5.74, 6) is 1.15. The molecule has 4 nitrogen and oxygen atoms in total. The Hall–Kier alpha value is -1.88. The smallest absolute Gasteiger partial charge is 0.229 e. The third kappa shape index (κ3) is 3.24. The number of ether oxygens (including phenoxy) is 1. The summed E-state index contributed by atoms with van der Waals surface area (Å²) in [6.07, 6.45) is 3.17. The number of hydrogen-bond acceptors (Lipinski definition) is 4. The lowest BCUT2D eigenvalue weighted by Gasteiger charge is -2.23. The van der Waals surface area contributed by atoms with Gasteiger partial charge in [-0.05, 0) is 44.0 Å². The first-order chi connectivity index (χ1) is 10.3. The second-order valence-electron chi connectivity index (χ2n) is 5.11. The van der Waals surface area contributed by atoms with Gasteiger partial charge >= 0.3 is 0 Å². The summed E-state index contributed by atoms with van der Waals surface area (Å²) in [4.78, 5) is 16.4. The number of benzene rings is 1. The third-order valence-electron chi connectivity index (χ3n) is 3.67. The van der Waals surface area contributed by atoms with Crippen LogP contribution in [0, 0.1) is 5.92 Å². The number of nitrogens with one attached hydrogen (secondary N) is 1. The minimum absolute atomic E-state index is 0.105. The summed E-state index contributed by atoms with van der Waals surface area (Å²) in [5.41, 5.74) is 1.91. The van der Waals surface area contributed by atoms with Crippen molar-refractivity contribution in [2.75, 3.05) is 11.9 Å². The Bertz CT molecular complexity index is 617. The molecule has 1 aromatic heterocycles. The van der Waals surface area contributed by atoms with Gasteiger partial charge in [-0.2, -0.15) is 0 Å². The van der Waals surface area contributed by atoms with Gasteiger partial charge in [0.05, 0.1) is 12.3 Å². The van der Waals surface area contributed by atoms with Crippen LogP contribution in [-0.2, 0) is 4.79 Å². The van der Waals surface area contributed by atoms with Gasteiger partial charge in [0, 0.05) is 16.9 Å². The number of amides is 1. The molecule has 0 spiro atoms. The molecular formula is C16H18N2O2S. The number of rotatable bonds is 5. The normalized spacial score (nSPS) is 14.5. The van der Waals surface area contributed by atoms with Crippen LogP contribution in [0.1, 0.15) is 26.2 Å². The number of hydrogen-bond donors (Lipinski definition) is 1. The van der Waals surface area contributed by atoms with Crippen molar-refractivity contribution in [3.05, 3.63) is 29.6 Å².